The van der Waals surface area contributed by atoms with Crippen molar-refractivity contribution in [3.63, 3.8) is 0 Å². The molecule has 0 N–H and O–H groups in total. The normalized spacial score (nSPS) is 12.4. The molecule has 2 aromatic rings. The summed E-state index contributed by atoms with van der Waals surface area (Å²) in [5.41, 5.74) is 0.983. The summed E-state index contributed by atoms with van der Waals surface area (Å²) < 4.78 is 10.6. The van der Waals surface area contributed by atoms with Crippen molar-refractivity contribution in [2.45, 2.75) is 33.1 Å². The van der Waals surface area contributed by atoms with E-state index in [0.717, 1.165) is 11.3 Å². The average Bonchev–Trinajstić information content (AvgIpc) is 2.86. The number of rotatable bonds is 6. The highest BCUT2D eigenvalue weighted by molar-refractivity contribution is 5.82. The van der Waals surface area contributed by atoms with Gasteiger partial charge in [-0.25, -0.2) is 0 Å². The van der Waals surface area contributed by atoms with E-state index in [9.17, 15) is 4.79 Å². The fourth-order valence-corrected chi connectivity index (χ4v) is 2.41. The molecule has 1 heterocycles. The zero-order valence-corrected chi connectivity index (χ0v) is 12.8. The van der Waals surface area contributed by atoms with E-state index in [2.05, 4.69) is 10.1 Å². The van der Waals surface area contributed by atoms with Crippen molar-refractivity contribution in [1.82, 2.24) is 10.1 Å². The molecular formula is C16H20N2O3. The second-order valence-corrected chi connectivity index (χ2v) is 5.37. The lowest BCUT2D eigenvalue weighted by atomic mass is 9.92. The predicted molar refractivity (Wildman–Crippen MR) is 78.4 cm³/mol. The van der Waals surface area contributed by atoms with Crippen LogP contribution in [-0.2, 0) is 11.2 Å². The third kappa shape index (κ3) is 3.48. The number of nitrogens with zero attached hydrogens (tertiary/aromatic N) is 2. The summed E-state index contributed by atoms with van der Waals surface area (Å²) in [7, 11) is 1.63. The SMILES string of the molecule is COc1ccccc1Cc1noc(C(C(C)=O)C(C)C)n1. The number of hydrogen-bond donors (Lipinski definition) is 0. The topological polar surface area (TPSA) is 65.2 Å². The predicted octanol–water partition coefficient (Wildman–Crippen LogP) is 3.00. The van der Waals surface area contributed by atoms with Gasteiger partial charge in [-0.3, -0.25) is 4.79 Å². The Balaban J connectivity index is 2.22. The van der Waals surface area contributed by atoms with Gasteiger partial charge in [0.15, 0.2) is 5.82 Å². The van der Waals surface area contributed by atoms with Gasteiger partial charge in [-0.2, -0.15) is 4.98 Å². The van der Waals surface area contributed by atoms with Crippen LogP contribution in [0.2, 0.25) is 0 Å². The van der Waals surface area contributed by atoms with Crippen LogP contribution in [0.1, 0.15) is 44.0 Å². The summed E-state index contributed by atoms with van der Waals surface area (Å²) in [5, 5.41) is 3.98. The molecule has 0 bridgehead atoms. The van der Waals surface area contributed by atoms with Crippen molar-refractivity contribution in [2.75, 3.05) is 7.11 Å². The molecule has 0 aliphatic rings. The first kappa shape index (κ1) is 15.2. The van der Waals surface area contributed by atoms with Crippen LogP contribution in [-0.4, -0.2) is 23.0 Å². The highest BCUT2D eigenvalue weighted by Gasteiger charge is 2.26. The Morgan fingerprint density at radius 3 is 2.67 bits per heavy atom. The smallest absolute Gasteiger partial charge is 0.237 e. The molecule has 1 aromatic heterocycles. The molecule has 1 unspecified atom stereocenters. The van der Waals surface area contributed by atoms with Crippen molar-refractivity contribution in [3.05, 3.63) is 41.5 Å². The number of carbonyl (C=O) groups excluding carboxylic acids is 1. The molecule has 0 aliphatic carbocycles. The zero-order valence-electron chi connectivity index (χ0n) is 12.8. The summed E-state index contributed by atoms with van der Waals surface area (Å²) in [4.78, 5) is 16.1. The maximum Gasteiger partial charge on any atom is 0.237 e. The number of benzene rings is 1. The van der Waals surface area contributed by atoms with Crippen LogP contribution >= 0.6 is 0 Å². The van der Waals surface area contributed by atoms with Gasteiger partial charge in [0.1, 0.15) is 11.5 Å². The number of carbonyl (C=O) groups is 1. The van der Waals surface area contributed by atoms with E-state index in [1.807, 2.05) is 38.1 Å². The maximum absolute atomic E-state index is 11.7. The second kappa shape index (κ2) is 6.52. The Labute approximate surface area is 124 Å². The van der Waals surface area contributed by atoms with Crippen LogP contribution in [0.25, 0.3) is 0 Å². The third-order valence-corrected chi connectivity index (χ3v) is 3.40. The fraction of sp³-hybridized carbons (Fsp3) is 0.438. The van der Waals surface area contributed by atoms with Gasteiger partial charge in [0.25, 0.3) is 0 Å². The third-order valence-electron chi connectivity index (χ3n) is 3.40. The lowest BCUT2D eigenvalue weighted by Gasteiger charge is -2.12. The molecule has 1 atom stereocenters. The van der Waals surface area contributed by atoms with Crippen LogP contribution < -0.4 is 4.74 Å². The molecule has 1 aromatic carbocycles. The van der Waals surface area contributed by atoms with Crippen molar-refractivity contribution < 1.29 is 14.1 Å². The van der Waals surface area contributed by atoms with E-state index in [1.165, 1.54) is 0 Å². The lowest BCUT2D eigenvalue weighted by molar-refractivity contribution is -0.119. The van der Waals surface area contributed by atoms with Gasteiger partial charge in [0.2, 0.25) is 5.89 Å². The van der Waals surface area contributed by atoms with Crippen LogP contribution in [0, 0.1) is 5.92 Å². The van der Waals surface area contributed by atoms with E-state index in [-0.39, 0.29) is 17.6 Å². The highest BCUT2D eigenvalue weighted by Crippen LogP contribution is 2.25. The zero-order chi connectivity index (χ0) is 15.4. The highest BCUT2D eigenvalue weighted by atomic mass is 16.5. The van der Waals surface area contributed by atoms with Crippen molar-refractivity contribution in [1.29, 1.82) is 0 Å². The minimum atomic E-state index is -0.344. The molecule has 5 heteroatoms. The molecule has 0 saturated heterocycles. The number of ketones is 1. The molecular weight excluding hydrogens is 268 g/mol. The molecule has 0 spiro atoms. The maximum atomic E-state index is 11.7. The van der Waals surface area contributed by atoms with Gasteiger partial charge in [-0.15, -0.1) is 0 Å². The average molecular weight is 288 g/mol. The Bertz CT molecular complexity index is 619. The Hall–Kier alpha value is -2.17. The fourth-order valence-electron chi connectivity index (χ4n) is 2.41. The van der Waals surface area contributed by atoms with Gasteiger partial charge < -0.3 is 9.26 Å². The summed E-state index contributed by atoms with van der Waals surface area (Å²) in [6, 6.07) is 7.70. The Morgan fingerprint density at radius 2 is 2.05 bits per heavy atom. The number of aromatic nitrogens is 2. The van der Waals surface area contributed by atoms with Gasteiger partial charge >= 0.3 is 0 Å². The van der Waals surface area contributed by atoms with Crippen molar-refractivity contribution >= 4 is 5.78 Å². The summed E-state index contributed by atoms with van der Waals surface area (Å²) in [6.07, 6.45) is 0.510. The summed E-state index contributed by atoms with van der Waals surface area (Å²) in [6.45, 7) is 5.49. The standard InChI is InChI=1S/C16H20N2O3/c1-10(2)15(11(3)19)16-17-14(18-21-16)9-12-7-5-6-8-13(12)20-4/h5-8,10,15H,9H2,1-4H3. The number of methoxy groups -OCH3 is 1. The molecule has 0 saturated carbocycles. The van der Waals surface area contributed by atoms with E-state index in [0.29, 0.717) is 18.1 Å². The van der Waals surface area contributed by atoms with Gasteiger partial charge in [0, 0.05) is 12.0 Å². The summed E-state index contributed by atoms with van der Waals surface area (Å²) in [5.74, 6) is 1.56. The van der Waals surface area contributed by atoms with Crippen LogP contribution in [0.15, 0.2) is 28.8 Å². The molecule has 5 nitrogen and oxygen atoms in total. The molecule has 2 rings (SSSR count). The second-order valence-electron chi connectivity index (χ2n) is 5.37. The minimum Gasteiger partial charge on any atom is -0.496 e. The van der Waals surface area contributed by atoms with E-state index >= 15 is 0 Å². The van der Waals surface area contributed by atoms with E-state index < -0.39 is 0 Å². The molecule has 0 radical (unpaired) electrons. The molecule has 0 amide bonds. The minimum absolute atomic E-state index is 0.0393. The molecule has 0 fully saturated rings. The first-order valence-corrected chi connectivity index (χ1v) is 6.97. The number of para-hydroxylation sites is 1. The van der Waals surface area contributed by atoms with Crippen LogP contribution in [0.4, 0.5) is 0 Å². The molecule has 112 valence electrons. The molecule has 0 aliphatic heterocycles. The van der Waals surface area contributed by atoms with Gasteiger partial charge in [-0.05, 0) is 18.9 Å². The Kier molecular flexibility index (Phi) is 4.73. The quantitative estimate of drug-likeness (QED) is 0.817. The van der Waals surface area contributed by atoms with Crippen molar-refractivity contribution in [3.8, 4) is 5.75 Å². The van der Waals surface area contributed by atoms with Gasteiger partial charge in [0.05, 0.1) is 13.0 Å². The molecule has 21 heavy (non-hydrogen) atoms. The lowest BCUT2D eigenvalue weighted by Crippen LogP contribution is -2.15. The summed E-state index contributed by atoms with van der Waals surface area (Å²) >= 11 is 0. The van der Waals surface area contributed by atoms with E-state index in [1.54, 1.807) is 14.0 Å². The van der Waals surface area contributed by atoms with Gasteiger partial charge in [-0.1, -0.05) is 37.2 Å². The first-order chi connectivity index (χ1) is 10.0. The largest absolute Gasteiger partial charge is 0.496 e. The Morgan fingerprint density at radius 1 is 1.33 bits per heavy atom. The van der Waals surface area contributed by atoms with Crippen molar-refractivity contribution in [2.24, 2.45) is 5.92 Å². The first-order valence-electron chi connectivity index (χ1n) is 6.97. The van der Waals surface area contributed by atoms with Crippen LogP contribution in [0.3, 0.4) is 0 Å². The number of Topliss-reactive ketones (excluding diaryl/α,β-unsaturated/α-hetero) is 1. The van der Waals surface area contributed by atoms with E-state index in [4.69, 9.17) is 9.26 Å². The van der Waals surface area contributed by atoms with Crippen LogP contribution in [0.5, 0.6) is 5.75 Å². The monoisotopic (exact) mass is 288 g/mol. The number of ether oxygens (including phenoxy) is 1. The number of hydrogen-bond acceptors (Lipinski definition) is 5.